The monoisotopic (exact) mass is 200 g/mol. The van der Waals surface area contributed by atoms with E-state index in [1.54, 1.807) is 0 Å². The SMILES string of the molecule is COCCn1c(=O)[nH]c(N)c(N)c1=O. The number of nitrogens with two attached hydrogens (primary N) is 2. The lowest BCUT2D eigenvalue weighted by atomic mass is 10.4. The summed E-state index contributed by atoms with van der Waals surface area (Å²) in [4.78, 5) is 24.9. The third-order valence-corrected chi connectivity index (χ3v) is 1.77. The third kappa shape index (κ3) is 1.77. The van der Waals surface area contributed by atoms with Gasteiger partial charge in [0.25, 0.3) is 5.56 Å². The van der Waals surface area contributed by atoms with E-state index in [0.29, 0.717) is 0 Å². The molecule has 0 spiro atoms. The van der Waals surface area contributed by atoms with Crippen molar-refractivity contribution < 1.29 is 4.74 Å². The number of aromatic amines is 1. The average Bonchev–Trinajstić information content (AvgIpc) is 2.14. The van der Waals surface area contributed by atoms with Crippen LogP contribution in [0.2, 0.25) is 0 Å². The fourth-order valence-corrected chi connectivity index (χ4v) is 0.989. The average molecular weight is 200 g/mol. The Morgan fingerprint density at radius 2 is 2.07 bits per heavy atom. The van der Waals surface area contributed by atoms with Crippen LogP contribution in [0.15, 0.2) is 9.59 Å². The smallest absolute Gasteiger partial charge is 0.330 e. The van der Waals surface area contributed by atoms with E-state index >= 15 is 0 Å². The van der Waals surface area contributed by atoms with Gasteiger partial charge in [-0.05, 0) is 0 Å². The van der Waals surface area contributed by atoms with Crippen molar-refractivity contribution in [3.63, 3.8) is 0 Å². The summed E-state index contributed by atoms with van der Waals surface area (Å²) < 4.78 is 5.68. The predicted molar refractivity (Wildman–Crippen MR) is 52.0 cm³/mol. The molecule has 1 heterocycles. The lowest BCUT2D eigenvalue weighted by molar-refractivity contribution is 0.185. The predicted octanol–water partition coefficient (Wildman–Crippen LogP) is -1.65. The largest absolute Gasteiger partial charge is 0.391 e. The van der Waals surface area contributed by atoms with E-state index < -0.39 is 11.2 Å². The van der Waals surface area contributed by atoms with Gasteiger partial charge in [0.1, 0.15) is 11.5 Å². The van der Waals surface area contributed by atoms with Crippen LogP contribution in [-0.4, -0.2) is 23.3 Å². The van der Waals surface area contributed by atoms with Gasteiger partial charge in [0, 0.05) is 7.11 Å². The van der Waals surface area contributed by atoms with Crippen molar-refractivity contribution in [3.8, 4) is 0 Å². The van der Waals surface area contributed by atoms with E-state index in [0.717, 1.165) is 4.57 Å². The number of hydrogen-bond acceptors (Lipinski definition) is 5. The minimum atomic E-state index is -0.594. The van der Waals surface area contributed by atoms with Gasteiger partial charge in [-0.25, -0.2) is 4.79 Å². The molecule has 0 aliphatic rings. The number of nitrogens with zero attached hydrogens (tertiary/aromatic N) is 1. The molecular formula is C7H12N4O3. The Kier molecular flexibility index (Phi) is 2.92. The quantitative estimate of drug-likeness (QED) is 0.540. The van der Waals surface area contributed by atoms with Crippen molar-refractivity contribution in [3.05, 3.63) is 20.8 Å². The number of rotatable bonds is 3. The van der Waals surface area contributed by atoms with E-state index in [2.05, 4.69) is 4.98 Å². The van der Waals surface area contributed by atoms with Crippen molar-refractivity contribution in [2.24, 2.45) is 0 Å². The van der Waals surface area contributed by atoms with Gasteiger partial charge in [0.05, 0.1) is 13.2 Å². The van der Waals surface area contributed by atoms with Crippen LogP contribution >= 0.6 is 0 Å². The van der Waals surface area contributed by atoms with Crippen LogP contribution in [0, 0.1) is 0 Å². The van der Waals surface area contributed by atoms with Gasteiger partial charge in [-0.3, -0.25) is 14.3 Å². The van der Waals surface area contributed by atoms with E-state index in [1.165, 1.54) is 7.11 Å². The topological polar surface area (TPSA) is 116 Å². The summed E-state index contributed by atoms with van der Waals surface area (Å²) in [5, 5.41) is 0. The molecule has 0 aliphatic heterocycles. The summed E-state index contributed by atoms with van der Waals surface area (Å²) in [7, 11) is 1.47. The number of aromatic nitrogens is 2. The Hall–Kier alpha value is -1.76. The molecular weight excluding hydrogens is 188 g/mol. The molecule has 0 saturated carbocycles. The molecule has 0 amide bonds. The number of anilines is 2. The molecule has 0 aliphatic carbocycles. The molecule has 0 radical (unpaired) electrons. The van der Waals surface area contributed by atoms with Crippen molar-refractivity contribution in [2.45, 2.75) is 6.54 Å². The number of ether oxygens (including phenoxy) is 1. The van der Waals surface area contributed by atoms with Gasteiger partial charge in [-0.15, -0.1) is 0 Å². The molecule has 0 saturated heterocycles. The van der Waals surface area contributed by atoms with Gasteiger partial charge in [0.2, 0.25) is 0 Å². The first kappa shape index (κ1) is 10.3. The Balaban J connectivity index is 3.23. The summed E-state index contributed by atoms with van der Waals surface area (Å²) in [6.45, 7) is 0.404. The van der Waals surface area contributed by atoms with Crippen LogP contribution in [0.25, 0.3) is 0 Å². The molecule has 1 aromatic rings. The van der Waals surface area contributed by atoms with E-state index in [1.807, 2.05) is 0 Å². The molecule has 5 N–H and O–H groups in total. The highest BCUT2D eigenvalue weighted by molar-refractivity contribution is 5.55. The number of hydrogen-bond donors (Lipinski definition) is 3. The Bertz CT molecular complexity index is 434. The van der Waals surface area contributed by atoms with Crippen LogP contribution < -0.4 is 22.7 Å². The van der Waals surface area contributed by atoms with Crippen LogP contribution in [0.3, 0.4) is 0 Å². The van der Waals surface area contributed by atoms with Crippen LogP contribution in [-0.2, 0) is 11.3 Å². The number of nitrogens with one attached hydrogen (secondary N) is 1. The second-order valence-electron chi connectivity index (χ2n) is 2.71. The molecule has 1 rings (SSSR count). The second-order valence-corrected chi connectivity index (χ2v) is 2.71. The Labute approximate surface area is 79.3 Å². The van der Waals surface area contributed by atoms with Crippen molar-refractivity contribution in [1.29, 1.82) is 0 Å². The van der Waals surface area contributed by atoms with Crippen LogP contribution in [0.4, 0.5) is 11.5 Å². The molecule has 0 bridgehead atoms. The minimum Gasteiger partial charge on any atom is -0.391 e. The summed E-state index contributed by atoms with van der Waals surface area (Å²) in [5.74, 6) is -0.103. The maximum atomic E-state index is 11.4. The number of nitrogen functional groups attached to an aromatic ring is 2. The normalized spacial score (nSPS) is 10.4. The molecule has 7 nitrogen and oxygen atoms in total. The van der Waals surface area contributed by atoms with E-state index in [-0.39, 0.29) is 24.7 Å². The van der Waals surface area contributed by atoms with Crippen LogP contribution in [0.1, 0.15) is 0 Å². The summed E-state index contributed by atoms with van der Waals surface area (Å²) in [6, 6.07) is 0. The lowest BCUT2D eigenvalue weighted by Crippen LogP contribution is -2.38. The zero-order valence-corrected chi connectivity index (χ0v) is 7.74. The van der Waals surface area contributed by atoms with E-state index in [9.17, 15) is 9.59 Å². The third-order valence-electron chi connectivity index (χ3n) is 1.77. The van der Waals surface area contributed by atoms with Crippen molar-refractivity contribution in [2.75, 3.05) is 25.2 Å². The highest BCUT2D eigenvalue weighted by Crippen LogP contribution is 1.98. The molecule has 0 fully saturated rings. The van der Waals surface area contributed by atoms with Crippen LogP contribution in [0.5, 0.6) is 0 Å². The Morgan fingerprint density at radius 3 is 2.64 bits per heavy atom. The second kappa shape index (κ2) is 3.97. The highest BCUT2D eigenvalue weighted by atomic mass is 16.5. The Morgan fingerprint density at radius 1 is 1.43 bits per heavy atom. The van der Waals surface area contributed by atoms with Gasteiger partial charge in [-0.2, -0.15) is 0 Å². The molecule has 0 aromatic carbocycles. The maximum absolute atomic E-state index is 11.4. The first-order chi connectivity index (χ1) is 6.57. The molecule has 78 valence electrons. The fraction of sp³-hybridized carbons (Fsp3) is 0.429. The van der Waals surface area contributed by atoms with Gasteiger partial charge in [-0.1, -0.05) is 0 Å². The van der Waals surface area contributed by atoms with Gasteiger partial charge in [0.15, 0.2) is 0 Å². The molecule has 1 aromatic heterocycles. The summed E-state index contributed by atoms with van der Waals surface area (Å²) in [5.41, 5.74) is 9.32. The zero-order valence-electron chi connectivity index (χ0n) is 7.74. The first-order valence-corrected chi connectivity index (χ1v) is 3.95. The summed E-state index contributed by atoms with van der Waals surface area (Å²) >= 11 is 0. The maximum Gasteiger partial charge on any atom is 0.330 e. The standard InChI is InChI=1S/C7H12N4O3/c1-14-3-2-11-6(12)4(8)5(9)10-7(11)13/h2-3,8-9H2,1H3,(H,10,13). The lowest BCUT2D eigenvalue weighted by Gasteiger charge is -2.05. The molecule has 7 heteroatoms. The molecule has 0 atom stereocenters. The molecule has 14 heavy (non-hydrogen) atoms. The van der Waals surface area contributed by atoms with Crippen molar-refractivity contribution in [1.82, 2.24) is 9.55 Å². The fourth-order valence-electron chi connectivity index (χ4n) is 0.989. The minimum absolute atomic E-state index is 0.103. The van der Waals surface area contributed by atoms with E-state index in [4.69, 9.17) is 16.2 Å². The molecule has 0 unspecified atom stereocenters. The van der Waals surface area contributed by atoms with Gasteiger partial charge >= 0.3 is 5.69 Å². The zero-order chi connectivity index (χ0) is 10.7. The summed E-state index contributed by atoms with van der Waals surface area (Å²) in [6.07, 6.45) is 0. The number of H-pyrrole nitrogens is 1. The first-order valence-electron chi connectivity index (χ1n) is 3.95. The number of methoxy groups -OCH3 is 1. The van der Waals surface area contributed by atoms with Crippen molar-refractivity contribution >= 4 is 11.5 Å². The highest BCUT2D eigenvalue weighted by Gasteiger charge is 2.07. The van der Waals surface area contributed by atoms with Gasteiger partial charge < -0.3 is 16.2 Å².